The maximum Gasteiger partial charge on any atom is 0.222 e. The average molecular weight is 290 g/mol. The third-order valence-corrected chi connectivity index (χ3v) is 3.67. The zero-order valence-electron chi connectivity index (χ0n) is 13.3. The third-order valence-electron chi connectivity index (χ3n) is 3.67. The van der Waals surface area contributed by atoms with E-state index in [1.54, 1.807) is 19.0 Å². The van der Waals surface area contributed by atoms with E-state index in [1.807, 2.05) is 6.07 Å². The summed E-state index contributed by atoms with van der Waals surface area (Å²) in [6, 6.07) is 6.97. The smallest absolute Gasteiger partial charge is 0.222 e. The summed E-state index contributed by atoms with van der Waals surface area (Å²) in [5, 5.41) is 3.52. The minimum Gasteiger partial charge on any atom is -0.493 e. The molecule has 0 bridgehead atoms. The number of carbonyl (C=O) groups excluding carboxylic acids is 1. The van der Waals surface area contributed by atoms with Crippen molar-refractivity contribution in [1.82, 2.24) is 10.2 Å². The molecule has 0 atom stereocenters. The lowest BCUT2D eigenvalue weighted by Crippen LogP contribution is -2.22. The standard InChI is InChI=1S/C17H26N2O2/c1-13-6-9-16(14(11-13)12-18-15-7-8-15)21-10-4-5-17(20)19(2)3/h6,9,11,15,18H,4-5,7-8,10,12H2,1-3H3. The highest BCUT2D eigenvalue weighted by molar-refractivity contribution is 5.75. The molecule has 1 aliphatic rings. The van der Waals surface area contributed by atoms with Gasteiger partial charge in [-0.1, -0.05) is 17.7 Å². The Hall–Kier alpha value is -1.55. The maximum atomic E-state index is 11.5. The van der Waals surface area contributed by atoms with Gasteiger partial charge in [0.15, 0.2) is 0 Å². The Kier molecular flexibility index (Phi) is 5.62. The molecule has 2 rings (SSSR count). The van der Waals surface area contributed by atoms with Crippen LogP contribution in [0.2, 0.25) is 0 Å². The third kappa shape index (κ3) is 5.38. The SMILES string of the molecule is Cc1ccc(OCCCC(=O)N(C)C)c(CNC2CC2)c1. The van der Waals surface area contributed by atoms with E-state index in [-0.39, 0.29) is 5.91 Å². The van der Waals surface area contributed by atoms with Crippen LogP contribution in [-0.4, -0.2) is 37.6 Å². The monoisotopic (exact) mass is 290 g/mol. The van der Waals surface area contributed by atoms with E-state index in [4.69, 9.17) is 4.74 Å². The first-order valence-corrected chi connectivity index (χ1v) is 7.72. The molecule has 1 aromatic rings. The van der Waals surface area contributed by atoms with Crippen molar-refractivity contribution in [2.24, 2.45) is 0 Å². The predicted octanol–water partition coefficient (Wildman–Crippen LogP) is 2.49. The molecule has 21 heavy (non-hydrogen) atoms. The van der Waals surface area contributed by atoms with E-state index >= 15 is 0 Å². The minimum absolute atomic E-state index is 0.151. The second-order valence-corrected chi connectivity index (χ2v) is 6.01. The van der Waals surface area contributed by atoms with Gasteiger partial charge in [0, 0.05) is 38.7 Å². The highest BCUT2D eigenvalue weighted by Crippen LogP contribution is 2.23. The number of hydrogen-bond donors (Lipinski definition) is 1. The van der Waals surface area contributed by atoms with E-state index in [0.29, 0.717) is 19.1 Å². The van der Waals surface area contributed by atoms with Crippen LogP contribution in [0.4, 0.5) is 0 Å². The van der Waals surface area contributed by atoms with E-state index in [1.165, 1.54) is 24.0 Å². The normalized spacial score (nSPS) is 14.0. The van der Waals surface area contributed by atoms with Crippen molar-refractivity contribution >= 4 is 5.91 Å². The molecule has 1 aliphatic carbocycles. The van der Waals surface area contributed by atoms with Crippen LogP contribution in [0.3, 0.4) is 0 Å². The summed E-state index contributed by atoms with van der Waals surface area (Å²) in [5.41, 5.74) is 2.46. The van der Waals surface area contributed by atoms with Gasteiger partial charge in [-0.25, -0.2) is 0 Å². The lowest BCUT2D eigenvalue weighted by molar-refractivity contribution is -0.128. The highest BCUT2D eigenvalue weighted by atomic mass is 16.5. The quantitative estimate of drug-likeness (QED) is 0.748. The van der Waals surface area contributed by atoms with Gasteiger partial charge in [-0.05, 0) is 32.3 Å². The van der Waals surface area contributed by atoms with Crippen LogP contribution < -0.4 is 10.1 Å². The Morgan fingerprint density at radius 2 is 2.14 bits per heavy atom. The van der Waals surface area contributed by atoms with Crippen molar-refractivity contribution in [3.05, 3.63) is 29.3 Å². The molecular weight excluding hydrogens is 264 g/mol. The highest BCUT2D eigenvalue weighted by Gasteiger charge is 2.20. The molecular formula is C17H26N2O2. The van der Waals surface area contributed by atoms with Gasteiger partial charge in [0.05, 0.1) is 6.61 Å². The van der Waals surface area contributed by atoms with Crippen molar-refractivity contribution in [3.63, 3.8) is 0 Å². The topological polar surface area (TPSA) is 41.6 Å². The average Bonchev–Trinajstić information content (AvgIpc) is 3.26. The van der Waals surface area contributed by atoms with Crippen molar-refractivity contribution in [3.8, 4) is 5.75 Å². The molecule has 1 saturated carbocycles. The first-order valence-electron chi connectivity index (χ1n) is 7.72. The van der Waals surface area contributed by atoms with Crippen molar-refractivity contribution < 1.29 is 9.53 Å². The zero-order chi connectivity index (χ0) is 15.2. The molecule has 0 unspecified atom stereocenters. The molecule has 1 N–H and O–H groups in total. The van der Waals surface area contributed by atoms with Crippen molar-refractivity contribution in [2.75, 3.05) is 20.7 Å². The molecule has 4 nitrogen and oxygen atoms in total. The van der Waals surface area contributed by atoms with Crippen LogP contribution in [0.15, 0.2) is 18.2 Å². The minimum atomic E-state index is 0.151. The second kappa shape index (κ2) is 7.46. The number of rotatable bonds is 8. The molecule has 0 aliphatic heterocycles. The van der Waals surface area contributed by atoms with Gasteiger partial charge in [-0.2, -0.15) is 0 Å². The molecule has 116 valence electrons. The summed E-state index contributed by atoms with van der Waals surface area (Å²) in [5.74, 6) is 1.09. The fourth-order valence-corrected chi connectivity index (χ4v) is 2.16. The van der Waals surface area contributed by atoms with Crippen molar-refractivity contribution in [1.29, 1.82) is 0 Å². The maximum absolute atomic E-state index is 11.5. The molecule has 0 spiro atoms. The molecule has 0 aromatic heterocycles. The molecule has 0 heterocycles. The first kappa shape index (κ1) is 15.8. The number of nitrogens with one attached hydrogen (secondary N) is 1. The van der Waals surface area contributed by atoms with Gasteiger partial charge in [0.1, 0.15) is 5.75 Å². The number of ether oxygens (including phenoxy) is 1. The molecule has 0 saturated heterocycles. The van der Waals surface area contributed by atoms with Gasteiger partial charge < -0.3 is 15.0 Å². The molecule has 1 fully saturated rings. The first-order chi connectivity index (χ1) is 10.1. The summed E-state index contributed by atoms with van der Waals surface area (Å²) in [4.78, 5) is 13.1. The van der Waals surface area contributed by atoms with E-state index in [0.717, 1.165) is 18.7 Å². The molecule has 4 heteroatoms. The van der Waals surface area contributed by atoms with E-state index in [9.17, 15) is 4.79 Å². The summed E-state index contributed by atoms with van der Waals surface area (Å²) < 4.78 is 5.86. The number of nitrogens with zero attached hydrogens (tertiary/aromatic N) is 1. The Balaban J connectivity index is 1.81. The van der Waals surface area contributed by atoms with Crippen LogP contribution in [0.5, 0.6) is 5.75 Å². The van der Waals surface area contributed by atoms with Gasteiger partial charge in [0.2, 0.25) is 5.91 Å². The van der Waals surface area contributed by atoms with E-state index < -0.39 is 0 Å². The van der Waals surface area contributed by atoms with Crippen LogP contribution in [-0.2, 0) is 11.3 Å². The number of amides is 1. The summed E-state index contributed by atoms with van der Waals surface area (Å²) >= 11 is 0. The van der Waals surface area contributed by atoms with Crippen LogP contribution in [0.1, 0.15) is 36.8 Å². The molecule has 1 aromatic carbocycles. The summed E-state index contributed by atoms with van der Waals surface area (Å²) in [6.07, 6.45) is 3.86. The zero-order valence-corrected chi connectivity index (χ0v) is 13.3. The Morgan fingerprint density at radius 1 is 1.38 bits per heavy atom. The predicted molar refractivity (Wildman–Crippen MR) is 84.5 cm³/mol. The molecule has 0 radical (unpaired) electrons. The summed E-state index contributed by atoms with van der Waals surface area (Å²) in [7, 11) is 3.57. The Bertz CT molecular complexity index is 482. The summed E-state index contributed by atoms with van der Waals surface area (Å²) in [6.45, 7) is 3.54. The Labute approximate surface area is 127 Å². The van der Waals surface area contributed by atoms with Gasteiger partial charge >= 0.3 is 0 Å². The van der Waals surface area contributed by atoms with E-state index in [2.05, 4.69) is 24.4 Å². The second-order valence-electron chi connectivity index (χ2n) is 6.01. The van der Waals surface area contributed by atoms with Crippen molar-refractivity contribution in [2.45, 2.75) is 45.2 Å². The lowest BCUT2D eigenvalue weighted by atomic mass is 10.1. The number of aryl methyl sites for hydroxylation is 1. The van der Waals surface area contributed by atoms with Crippen LogP contribution >= 0.6 is 0 Å². The van der Waals surface area contributed by atoms with Gasteiger partial charge in [-0.15, -0.1) is 0 Å². The number of benzene rings is 1. The number of carbonyl (C=O) groups is 1. The van der Waals surface area contributed by atoms with Gasteiger partial charge in [-0.3, -0.25) is 4.79 Å². The largest absolute Gasteiger partial charge is 0.493 e. The lowest BCUT2D eigenvalue weighted by Gasteiger charge is -2.14. The van der Waals surface area contributed by atoms with Gasteiger partial charge in [0.25, 0.3) is 0 Å². The number of hydrogen-bond acceptors (Lipinski definition) is 3. The fourth-order valence-electron chi connectivity index (χ4n) is 2.16. The fraction of sp³-hybridized carbons (Fsp3) is 0.588. The van der Waals surface area contributed by atoms with Crippen LogP contribution in [0, 0.1) is 6.92 Å². The Morgan fingerprint density at radius 3 is 2.81 bits per heavy atom. The molecule has 1 amide bonds. The van der Waals surface area contributed by atoms with Crippen LogP contribution in [0.25, 0.3) is 0 Å².